The van der Waals surface area contributed by atoms with Crippen LogP contribution in [-0.2, 0) is 19.6 Å². The Hall–Kier alpha value is -1.82. The summed E-state index contributed by atoms with van der Waals surface area (Å²) < 4.78 is 3.47. The third kappa shape index (κ3) is 2.70. The summed E-state index contributed by atoms with van der Waals surface area (Å²) in [7, 11) is 1.75. The molecule has 6 nitrogen and oxygen atoms in total. The molecule has 0 spiro atoms. The van der Waals surface area contributed by atoms with Gasteiger partial charge in [-0.1, -0.05) is 11.6 Å². The van der Waals surface area contributed by atoms with Gasteiger partial charge in [-0.2, -0.15) is 10.2 Å². The van der Waals surface area contributed by atoms with Crippen molar-refractivity contribution in [2.24, 2.45) is 0 Å². The van der Waals surface area contributed by atoms with E-state index in [2.05, 4.69) is 10.2 Å². The second-order valence-corrected chi connectivity index (χ2v) is 4.86. The zero-order chi connectivity index (χ0) is 14.7. The van der Waals surface area contributed by atoms with Gasteiger partial charge in [0.05, 0.1) is 23.5 Å². The number of hydrogen-bond donors (Lipinski definition) is 0. The molecule has 0 N–H and O–H groups in total. The van der Waals surface area contributed by atoms with Crippen molar-refractivity contribution in [3.8, 4) is 0 Å². The highest BCUT2D eigenvalue weighted by Crippen LogP contribution is 2.17. The Morgan fingerprint density at radius 1 is 1.30 bits per heavy atom. The summed E-state index contributed by atoms with van der Waals surface area (Å²) in [6, 6.07) is 1.72. The number of rotatable bonds is 5. The fraction of sp³-hybridized carbons (Fsp3) is 0.462. The van der Waals surface area contributed by atoms with Crippen LogP contribution in [0.15, 0.2) is 18.5 Å². The first-order chi connectivity index (χ1) is 9.58. The van der Waals surface area contributed by atoms with Crippen molar-refractivity contribution in [2.75, 3.05) is 7.05 Å². The minimum absolute atomic E-state index is 0.0794. The Balaban J connectivity index is 2.17. The second-order valence-electron chi connectivity index (χ2n) is 4.45. The summed E-state index contributed by atoms with van der Waals surface area (Å²) in [5.74, 6) is -0.0794. The Bertz CT molecular complexity index is 604. The van der Waals surface area contributed by atoms with Gasteiger partial charge >= 0.3 is 0 Å². The first-order valence-corrected chi connectivity index (χ1v) is 6.93. The maximum atomic E-state index is 12.4. The van der Waals surface area contributed by atoms with Crippen LogP contribution >= 0.6 is 11.6 Å². The average molecular weight is 296 g/mol. The van der Waals surface area contributed by atoms with E-state index in [1.165, 1.54) is 0 Å². The molecule has 0 aliphatic rings. The van der Waals surface area contributed by atoms with Crippen molar-refractivity contribution in [1.29, 1.82) is 0 Å². The molecule has 2 aromatic heterocycles. The molecule has 0 aliphatic carbocycles. The number of nitrogens with zero attached hydrogens (tertiary/aromatic N) is 5. The topological polar surface area (TPSA) is 56.0 Å². The van der Waals surface area contributed by atoms with Crippen LogP contribution < -0.4 is 0 Å². The molecule has 0 aromatic carbocycles. The van der Waals surface area contributed by atoms with E-state index in [4.69, 9.17) is 11.6 Å². The van der Waals surface area contributed by atoms with Crippen LogP contribution in [0.4, 0.5) is 0 Å². The van der Waals surface area contributed by atoms with Crippen LogP contribution in [0.5, 0.6) is 0 Å². The molecule has 0 saturated carbocycles. The zero-order valence-corrected chi connectivity index (χ0v) is 12.6. The van der Waals surface area contributed by atoms with Crippen molar-refractivity contribution in [2.45, 2.75) is 33.5 Å². The van der Waals surface area contributed by atoms with Crippen molar-refractivity contribution in [1.82, 2.24) is 24.5 Å². The lowest BCUT2D eigenvalue weighted by Gasteiger charge is -2.18. The number of aromatic nitrogens is 4. The molecule has 1 amide bonds. The molecule has 20 heavy (non-hydrogen) atoms. The van der Waals surface area contributed by atoms with Crippen LogP contribution in [0.3, 0.4) is 0 Å². The summed E-state index contributed by atoms with van der Waals surface area (Å²) in [4.78, 5) is 14.0. The highest BCUT2D eigenvalue weighted by Gasteiger charge is 2.19. The summed E-state index contributed by atoms with van der Waals surface area (Å²) >= 11 is 6.12. The number of amides is 1. The van der Waals surface area contributed by atoms with Gasteiger partial charge in [0.1, 0.15) is 5.69 Å². The van der Waals surface area contributed by atoms with E-state index >= 15 is 0 Å². The van der Waals surface area contributed by atoms with Crippen molar-refractivity contribution >= 4 is 17.5 Å². The van der Waals surface area contributed by atoms with Crippen LogP contribution in [0.25, 0.3) is 0 Å². The largest absolute Gasteiger partial charge is 0.334 e. The van der Waals surface area contributed by atoms with Gasteiger partial charge in [0.15, 0.2) is 0 Å². The molecule has 0 bridgehead atoms. The summed E-state index contributed by atoms with van der Waals surface area (Å²) in [6.07, 6.45) is 3.24. The van der Waals surface area contributed by atoms with E-state index in [-0.39, 0.29) is 5.91 Å². The molecule has 0 atom stereocenters. The lowest BCUT2D eigenvalue weighted by molar-refractivity contribution is 0.0769. The maximum absolute atomic E-state index is 12.4. The summed E-state index contributed by atoms with van der Waals surface area (Å²) in [5.41, 5.74) is 1.42. The van der Waals surface area contributed by atoms with Gasteiger partial charge in [0.2, 0.25) is 0 Å². The molecular formula is C13H18ClN5O. The molecule has 0 unspecified atom stereocenters. The average Bonchev–Trinajstić information content (AvgIpc) is 3.05. The Kier molecular flexibility index (Phi) is 4.44. The minimum Gasteiger partial charge on any atom is -0.334 e. The van der Waals surface area contributed by atoms with Crippen molar-refractivity contribution < 1.29 is 4.79 Å². The van der Waals surface area contributed by atoms with Crippen LogP contribution in [0.2, 0.25) is 5.02 Å². The number of halogens is 1. The maximum Gasteiger partial charge on any atom is 0.272 e. The van der Waals surface area contributed by atoms with Gasteiger partial charge in [-0.05, 0) is 19.9 Å². The van der Waals surface area contributed by atoms with Crippen LogP contribution in [0.1, 0.15) is 30.0 Å². The molecule has 0 aliphatic heterocycles. The predicted octanol–water partition coefficient (Wildman–Crippen LogP) is 2.04. The molecular weight excluding hydrogens is 278 g/mol. The molecule has 108 valence electrons. The monoisotopic (exact) mass is 295 g/mol. The summed E-state index contributed by atoms with van der Waals surface area (Å²) in [6.45, 7) is 5.74. The minimum atomic E-state index is -0.0794. The first kappa shape index (κ1) is 14.6. The molecule has 7 heteroatoms. The zero-order valence-electron chi connectivity index (χ0n) is 11.9. The van der Waals surface area contributed by atoms with Crippen LogP contribution in [0, 0.1) is 0 Å². The molecule has 2 rings (SSSR count). The van der Waals surface area contributed by atoms with Gasteiger partial charge in [-0.3, -0.25) is 14.2 Å². The van der Waals surface area contributed by atoms with Crippen molar-refractivity contribution in [3.05, 3.63) is 34.9 Å². The fourth-order valence-corrected chi connectivity index (χ4v) is 2.28. The normalized spacial score (nSPS) is 10.8. The van der Waals surface area contributed by atoms with Crippen molar-refractivity contribution in [3.63, 3.8) is 0 Å². The number of carbonyl (C=O) groups excluding carboxylic acids is 1. The number of carbonyl (C=O) groups is 1. The lowest BCUT2D eigenvalue weighted by atomic mass is 10.3. The van der Waals surface area contributed by atoms with Gasteiger partial charge < -0.3 is 4.90 Å². The smallest absolute Gasteiger partial charge is 0.272 e. The van der Waals surface area contributed by atoms with Gasteiger partial charge in [-0.25, -0.2) is 0 Å². The fourth-order valence-electron chi connectivity index (χ4n) is 2.08. The summed E-state index contributed by atoms with van der Waals surface area (Å²) in [5, 5.41) is 8.86. The van der Waals surface area contributed by atoms with E-state index in [0.29, 0.717) is 23.8 Å². The van der Waals surface area contributed by atoms with Gasteiger partial charge in [-0.15, -0.1) is 0 Å². The van der Waals surface area contributed by atoms with E-state index < -0.39 is 0 Å². The molecule has 2 heterocycles. The van der Waals surface area contributed by atoms with E-state index in [9.17, 15) is 4.79 Å². The molecule has 0 radical (unpaired) electrons. The standard InChI is InChI=1S/C13H18ClN5O/c1-4-18-11(6-7-15-18)13(20)17(3)9-12-10(14)8-16-19(12)5-2/h6-8H,4-5,9H2,1-3H3. The lowest BCUT2D eigenvalue weighted by Crippen LogP contribution is -2.29. The second kappa shape index (κ2) is 6.09. The quantitative estimate of drug-likeness (QED) is 0.848. The third-order valence-electron chi connectivity index (χ3n) is 3.17. The van der Waals surface area contributed by atoms with Gasteiger partial charge in [0.25, 0.3) is 5.91 Å². The molecule has 0 saturated heterocycles. The molecule has 0 fully saturated rings. The Morgan fingerprint density at radius 2 is 2.00 bits per heavy atom. The Morgan fingerprint density at radius 3 is 2.65 bits per heavy atom. The third-order valence-corrected chi connectivity index (χ3v) is 3.48. The highest BCUT2D eigenvalue weighted by molar-refractivity contribution is 6.31. The van der Waals surface area contributed by atoms with E-state index in [0.717, 1.165) is 12.2 Å². The first-order valence-electron chi connectivity index (χ1n) is 6.55. The van der Waals surface area contributed by atoms with E-state index in [1.54, 1.807) is 39.8 Å². The van der Waals surface area contributed by atoms with Gasteiger partial charge in [0, 0.05) is 26.3 Å². The van der Waals surface area contributed by atoms with Crippen LogP contribution in [-0.4, -0.2) is 37.4 Å². The van der Waals surface area contributed by atoms with E-state index in [1.807, 2.05) is 13.8 Å². The highest BCUT2D eigenvalue weighted by atomic mass is 35.5. The number of aryl methyl sites for hydroxylation is 2. The SMILES string of the molecule is CCn1nccc1C(=O)N(C)Cc1c(Cl)cnn1CC. The predicted molar refractivity (Wildman–Crippen MR) is 76.6 cm³/mol. The Labute approximate surface area is 122 Å². The number of hydrogen-bond acceptors (Lipinski definition) is 3. The molecule has 2 aromatic rings.